The normalized spacial score (nSPS) is 17.7. The summed E-state index contributed by atoms with van der Waals surface area (Å²) >= 11 is 1.46. The lowest BCUT2D eigenvalue weighted by atomic mass is 10.1. The number of carbonyl (C=O) groups is 2. The molecule has 1 fully saturated rings. The maximum atomic E-state index is 12.6. The lowest BCUT2D eigenvalue weighted by Crippen LogP contribution is -2.32. The number of benzene rings is 1. The molecule has 1 aromatic carbocycles. The molecule has 0 saturated carbocycles. The SMILES string of the molecule is Cc1csc(CN2C(=O)N[C@H](Cc3c[nH]c4ccccc34)C2=O)n1. The van der Waals surface area contributed by atoms with E-state index in [0.29, 0.717) is 6.42 Å². The highest BCUT2D eigenvalue weighted by Crippen LogP contribution is 2.22. The molecule has 24 heavy (non-hydrogen) atoms. The minimum atomic E-state index is -0.530. The Bertz CT molecular complexity index is 929. The highest BCUT2D eigenvalue weighted by Gasteiger charge is 2.38. The highest BCUT2D eigenvalue weighted by atomic mass is 32.1. The van der Waals surface area contributed by atoms with Crippen molar-refractivity contribution in [3.05, 3.63) is 52.1 Å². The number of para-hydroxylation sites is 1. The van der Waals surface area contributed by atoms with Gasteiger partial charge in [0.05, 0.1) is 6.54 Å². The van der Waals surface area contributed by atoms with Crippen LogP contribution in [0.1, 0.15) is 16.3 Å². The van der Waals surface area contributed by atoms with Crippen molar-refractivity contribution in [1.29, 1.82) is 0 Å². The lowest BCUT2D eigenvalue weighted by Gasteiger charge is -2.11. The second kappa shape index (κ2) is 5.76. The Kier molecular flexibility index (Phi) is 3.57. The fourth-order valence-electron chi connectivity index (χ4n) is 3.00. The number of carbonyl (C=O) groups excluding carboxylic acids is 2. The number of thiazole rings is 1. The number of aryl methyl sites for hydroxylation is 1. The molecule has 1 saturated heterocycles. The molecule has 3 amide bonds. The van der Waals surface area contributed by atoms with E-state index in [1.54, 1.807) is 0 Å². The number of fused-ring (bicyclic) bond motifs is 1. The van der Waals surface area contributed by atoms with Gasteiger partial charge < -0.3 is 10.3 Å². The van der Waals surface area contributed by atoms with Gasteiger partial charge in [0.1, 0.15) is 11.0 Å². The zero-order chi connectivity index (χ0) is 16.7. The average Bonchev–Trinajstić information content (AvgIpc) is 3.24. The first-order valence-corrected chi connectivity index (χ1v) is 8.57. The molecule has 2 N–H and O–H groups in total. The van der Waals surface area contributed by atoms with Gasteiger partial charge in [-0.3, -0.25) is 9.69 Å². The fourth-order valence-corrected chi connectivity index (χ4v) is 3.76. The first kappa shape index (κ1) is 14.9. The number of rotatable bonds is 4. The van der Waals surface area contributed by atoms with Crippen molar-refractivity contribution in [1.82, 2.24) is 20.2 Å². The smallest absolute Gasteiger partial charge is 0.325 e. The Balaban J connectivity index is 1.53. The number of imide groups is 1. The Hall–Kier alpha value is -2.67. The van der Waals surface area contributed by atoms with Gasteiger partial charge >= 0.3 is 6.03 Å². The van der Waals surface area contributed by atoms with Crippen LogP contribution in [0.5, 0.6) is 0 Å². The molecule has 122 valence electrons. The summed E-state index contributed by atoms with van der Waals surface area (Å²) in [6.07, 6.45) is 2.37. The molecule has 3 aromatic rings. The molecule has 6 nitrogen and oxygen atoms in total. The van der Waals surface area contributed by atoms with Crippen LogP contribution in [0.25, 0.3) is 10.9 Å². The molecule has 2 aromatic heterocycles. The van der Waals surface area contributed by atoms with Crippen LogP contribution in [0, 0.1) is 6.92 Å². The average molecular weight is 340 g/mol. The van der Waals surface area contributed by atoms with Gasteiger partial charge in [0.2, 0.25) is 0 Å². The van der Waals surface area contributed by atoms with Crippen molar-refractivity contribution < 1.29 is 9.59 Å². The summed E-state index contributed by atoms with van der Waals surface area (Å²) < 4.78 is 0. The molecule has 7 heteroatoms. The van der Waals surface area contributed by atoms with E-state index in [2.05, 4.69) is 15.3 Å². The minimum Gasteiger partial charge on any atom is -0.361 e. The predicted octanol–water partition coefficient (Wildman–Crippen LogP) is 2.60. The Morgan fingerprint density at radius 2 is 2.12 bits per heavy atom. The van der Waals surface area contributed by atoms with E-state index in [4.69, 9.17) is 0 Å². The summed E-state index contributed by atoms with van der Waals surface area (Å²) in [4.78, 5) is 33.5. The number of aromatic amines is 1. The number of urea groups is 1. The second-order valence-corrected chi connectivity index (χ2v) is 6.82. The Morgan fingerprint density at radius 1 is 1.29 bits per heavy atom. The van der Waals surface area contributed by atoms with Crippen LogP contribution < -0.4 is 5.32 Å². The highest BCUT2D eigenvalue weighted by molar-refractivity contribution is 7.09. The van der Waals surface area contributed by atoms with Gasteiger partial charge in [-0.2, -0.15) is 0 Å². The van der Waals surface area contributed by atoms with Gasteiger partial charge in [-0.1, -0.05) is 18.2 Å². The van der Waals surface area contributed by atoms with Crippen molar-refractivity contribution >= 4 is 34.2 Å². The maximum absolute atomic E-state index is 12.6. The number of nitrogens with one attached hydrogen (secondary N) is 2. The van der Waals surface area contributed by atoms with E-state index in [1.165, 1.54) is 16.2 Å². The summed E-state index contributed by atoms with van der Waals surface area (Å²) in [5.74, 6) is -0.196. The zero-order valence-corrected chi connectivity index (χ0v) is 13.9. The summed E-state index contributed by atoms with van der Waals surface area (Å²) in [5, 5.41) is 6.54. The molecule has 0 unspecified atom stereocenters. The standard InChI is InChI=1S/C17H16N4O2S/c1-10-9-24-15(19-10)8-21-16(22)14(20-17(21)23)6-11-7-18-13-5-3-2-4-12(11)13/h2-5,7,9,14,18H,6,8H2,1H3,(H,20,23)/t14-/m1/s1. The zero-order valence-electron chi connectivity index (χ0n) is 13.1. The lowest BCUT2D eigenvalue weighted by molar-refractivity contribution is -0.127. The van der Waals surface area contributed by atoms with Crippen LogP contribution in [-0.4, -0.2) is 32.8 Å². The molecule has 3 heterocycles. The summed E-state index contributed by atoms with van der Waals surface area (Å²) in [6.45, 7) is 2.12. The van der Waals surface area contributed by atoms with E-state index in [-0.39, 0.29) is 18.5 Å². The second-order valence-electron chi connectivity index (χ2n) is 5.87. The summed E-state index contributed by atoms with van der Waals surface area (Å²) in [6, 6.07) is 7.05. The van der Waals surface area contributed by atoms with Crippen molar-refractivity contribution in [2.75, 3.05) is 0 Å². The van der Waals surface area contributed by atoms with Gasteiger partial charge in [-0.25, -0.2) is 9.78 Å². The number of hydrogen-bond donors (Lipinski definition) is 2. The molecule has 0 radical (unpaired) electrons. The van der Waals surface area contributed by atoms with E-state index in [9.17, 15) is 9.59 Å². The number of aromatic nitrogens is 2. The van der Waals surface area contributed by atoms with Crippen LogP contribution >= 0.6 is 11.3 Å². The molecular formula is C17H16N4O2S. The Labute approximate surface area is 142 Å². The third kappa shape index (κ3) is 2.56. The van der Waals surface area contributed by atoms with Crippen molar-refractivity contribution in [2.45, 2.75) is 25.9 Å². The Morgan fingerprint density at radius 3 is 2.92 bits per heavy atom. The van der Waals surface area contributed by atoms with Gasteiger partial charge in [0.25, 0.3) is 5.91 Å². The van der Waals surface area contributed by atoms with E-state index < -0.39 is 6.04 Å². The number of H-pyrrole nitrogens is 1. The molecule has 1 atom stereocenters. The van der Waals surface area contributed by atoms with Crippen LogP contribution in [0.15, 0.2) is 35.8 Å². The predicted molar refractivity (Wildman–Crippen MR) is 91.7 cm³/mol. The number of nitrogens with zero attached hydrogens (tertiary/aromatic N) is 2. The van der Waals surface area contributed by atoms with Crippen LogP contribution in [0.3, 0.4) is 0 Å². The monoisotopic (exact) mass is 340 g/mol. The van der Waals surface area contributed by atoms with Crippen molar-refractivity contribution in [3.8, 4) is 0 Å². The summed E-state index contributed by atoms with van der Waals surface area (Å²) in [5.41, 5.74) is 2.95. The van der Waals surface area contributed by atoms with E-state index in [0.717, 1.165) is 27.2 Å². The quantitative estimate of drug-likeness (QED) is 0.717. The molecule has 0 aliphatic carbocycles. The van der Waals surface area contributed by atoms with Crippen LogP contribution in [-0.2, 0) is 17.8 Å². The van der Waals surface area contributed by atoms with Crippen LogP contribution in [0.4, 0.5) is 4.79 Å². The first-order valence-electron chi connectivity index (χ1n) is 7.69. The largest absolute Gasteiger partial charge is 0.361 e. The van der Waals surface area contributed by atoms with E-state index in [1.807, 2.05) is 42.8 Å². The van der Waals surface area contributed by atoms with Crippen molar-refractivity contribution in [3.63, 3.8) is 0 Å². The minimum absolute atomic E-state index is 0.196. The topological polar surface area (TPSA) is 78.1 Å². The molecular weight excluding hydrogens is 324 g/mol. The first-order chi connectivity index (χ1) is 11.6. The third-order valence-electron chi connectivity index (χ3n) is 4.17. The van der Waals surface area contributed by atoms with Gasteiger partial charge in [0, 0.05) is 34.6 Å². The molecule has 1 aliphatic rings. The van der Waals surface area contributed by atoms with Gasteiger partial charge in [0.15, 0.2) is 0 Å². The van der Waals surface area contributed by atoms with E-state index >= 15 is 0 Å². The molecule has 1 aliphatic heterocycles. The molecule has 0 spiro atoms. The fraction of sp³-hybridized carbons (Fsp3) is 0.235. The molecule has 0 bridgehead atoms. The number of amides is 3. The summed E-state index contributed by atoms with van der Waals surface area (Å²) in [7, 11) is 0. The third-order valence-corrected chi connectivity index (χ3v) is 5.12. The van der Waals surface area contributed by atoms with Crippen LogP contribution in [0.2, 0.25) is 0 Å². The maximum Gasteiger partial charge on any atom is 0.325 e. The van der Waals surface area contributed by atoms with Gasteiger partial charge in [-0.05, 0) is 18.6 Å². The van der Waals surface area contributed by atoms with Crippen molar-refractivity contribution in [2.24, 2.45) is 0 Å². The molecule has 4 rings (SSSR count). The van der Waals surface area contributed by atoms with Gasteiger partial charge in [-0.15, -0.1) is 11.3 Å². The number of hydrogen-bond acceptors (Lipinski definition) is 4.